The molecule has 0 fully saturated rings. The summed E-state index contributed by atoms with van der Waals surface area (Å²) in [5.41, 5.74) is 6.56. The summed E-state index contributed by atoms with van der Waals surface area (Å²) in [5, 5.41) is 48.5. The first-order chi connectivity index (χ1) is 38.4. The van der Waals surface area contributed by atoms with Crippen molar-refractivity contribution in [2.75, 3.05) is 0 Å². The average Bonchev–Trinajstić information content (AvgIpc) is 3.52. The highest BCUT2D eigenvalue weighted by molar-refractivity contribution is 5.70. The van der Waals surface area contributed by atoms with Crippen molar-refractivity contribution >= 4 is 6.08 Å². The Balaban J connectivity index is 0.000000266. The van der Waals surface area contributed by atoms with E-state index in [1.54, 1.807) is 0 Å². The molecule has 2 aliphatic heterocycles. The molecule has 2 heterocycles. The van der Waals surface area contributed by atoms with Gasteiger partial charge in [-0.25, -0.2) is 0 Å². The lowest BCUT2D eigenvalue weighted by atomic mass is 9.94. The van der Waals surface area contributed by atoms with Gasteiger partial charge in [-0.2, -0.15) is 0 Å². The zero-order valence-corrected chi connectivity index (χ0v) is 41.7. The van der Waals surface area contributed by atoms with Crippen LogP contribution < -0.4 is 28.4 Å². The normalized spacial score (nSPS) is 17.4. The van der Waals surface area contributed by atoms with Crippen LogP contribution in [0.15, 0.2) is 218 Å². The van der Waals surface area contributed by atoms with E-state index in [-0.39, 0.29) is 52.9 Å². The van der Waals surface area contributed by atoms with Crippen LogP contribution in [0, 0.1) is 0 Å². The molecule has 1 unspecified atom stereocenters. The monoisotopic (exact) mass is 1030 g/mol. The van der Waals surface area contributed by atoms with Gasteiger partial charge in [0.05, 0.1) is 14.4 Å². The van der Waals surface area contributed by atoms with Crippen LogP contribution in [0.25, 0.3) is 6.08 Å². The molecule has 0 saturated heterocycles. The molecular formula is C65H56O12. The highest BCUT2D eigenvalue weighted by atomic mass is 16.5. The van der Waals surface area contributed by atoms with E-state index in [0.717, 1.165) is 39.9 Å². The lowest BCUT2D eigenvalue weighted by molar-refractivity contribution is 0.0197. The number of rotatable bonds is 17. The molecule has 388 valence electrons. The number of benzene rings is 9. The molecule has 0 aliphatic carbocycles. The Hall–Kier alpha value is -9.52. The van der Waals surface area contributed by atoms with Crippen LogP contribution in [0.1, 0.15) is 65.0 Å². The number of fused-ring (bicyclic) bond motifs is 2. The minimum Gasteiger partial charge on any atom is -0.508 e. The standard InChI is InChI=1S/C50H42O6.C15H14O6/c1-6-16-37(17-7-1)32-51-43-29-46(53-34-39-20-10-3-11-21-39)44-31-49(55-36-41-24-14-5-15-25-41)50(56-47(44)30-43)42-26-27-45(52-33-38-18-8-2-9-19-38)48(28-42)54-35-40-22-12-4-13-23-40;16-8-4-11(18)9-6-13(20)15(21-14(9)5-8)7-1-2-10(17)12(19)3-7/h1-31,50H,32-36H2;1-5,13,15-20H,6H2/t;13-,15-/m.1/s1/i50D;15D. The number of aromatic hydroxyl groups is 4. The average molecular weight is 1030 g/mol. The van der Waals surface area contributed by atoms with Gasteiger partial charge in [0.15, 0.2) is 29.1 Å². The first-order valence-corrected chi connectivity index (χ1v) is 24.9. The summed E-state index contributed by atoms with van der Waals surface area (Å²) in [6, 6.07) is 64.9. The second-order valence-electron chi connectivity index (χ2n) is 18.1. The van der Waals surface area contributed by atoms with Crippen LogP contribution >= 0.6 is 0 Å². The van der Waals surface area contributed by atoms with Crippen LogP contribution in [0.2, 0.25) is 0 Å². The van der Waals surface area contributed by atoms with Crippen molar-refractivity contribution in [1.29, 1.82) is 0 Å². The quantitative estimate of drug-likeness (QED) is 0.0549. The van der Waals surface area contributed by atoms with Gasteiger partial charge >= 0.3 is 0 Å². The van der Waals surface area contributed by atoms with Gasteiger partial charge in [-0.05, 0) is 63.7 Å². The van der Waals surface area contributed by atoms with E-state index in [1.807, 2.05) is 188 Å². The van der Waals surface area contributed by atoms with Crippen molar-refractivity contribution in [2.24, 2.45) is 0 Å². The maximum Gasteiger partial charge on any atom is 0.181 e. The summed E-state index contributed by atoms with van der Waals surface area (Å²) in [4.78, 5) is 0. The molecule has 12 heteroatoms. The first-order valence-electron chi connectivity index (χ1n) is 25.9. The summed E-state index contributed by atoms with van der Waals surface area (Å²) < 4.78 is 62.9. The second kappa shape index (κ2) is 24.2. The highest BCUT2D eigenvalue weighted by Crippen LogP contribution is 2.47. The fourth-order valence-electron chi connectivity index (χ4n) is 8.55. The Bertz CT molecular complexity index is 3530. The molecule has 9 aromatic carbocycles. The number of ether oxygens (including phenoxy) is 7. The van der Waals surface area contributed by atoms with E-state index < -0.39 is 24.0 Å². The van der Waals surface area contributed by atoms with Gasteiger partial charge in [0, 0.05) is 41.8 Å². The Morgan fingerprint density at radius 1 is 0.429 bits per heavy atom. The molecule has 9 aromatic rings. The Kier molecular flexibility index (Phi) is 15.2. The summed E-state index contributed by atoms with van der Waals surface area (Å²) in [6.45, 7) is 1.54. The predicted molar refractivity (Wildman–Crippen MR) is 291 cm³/mol. The number of aliphatic hydroxyl groups is 1. The number of hydrogen-bond donors (Lipinski definition) is 5. The molecule has 2 aliphatic rings. The molecule has 0 saturated carbocycles. The maximum absolute atomic E-state index is 10.3. The SMILES string of the molecule is [2H]C1(c2ccc(OCc3ccccc3)c(OCc3ccccc3)c2)Oc2cc(OCc3ccccc3)cc(OCc3ccccc3)c2C=C1OCc1ccccc1.[2H][C@]1(c2ccc(O)c(O)c2)Oc2cc(O)cc(O)c2C[C@H]1O. The van der Waals surface area contributed by atoms with Crippen molar-refractivity contribution in [3.05, 3.63) is 268 Å². The fourth-order valence-corrected chi connectivity index (χ4v) is 8.55. The van der Waals surface area contributed by atoms with Crippen molar-refractivity contribution in [3.8, 4) is 57.5 Å². The van der Waals surface area contributed by atoms with E-state index in [9.17, 15) is 26.9 Å². The topological polar surface area (TPSA) is 166 Å². The lowest BCUT2D eigenvalue weighted by Gasteiger charge is -2.31. The molecule has 0 spiro atoms. The molecule has 12 nitrogen and oxygen atoms in total. The Morgan fingerprint density at radius 3 is 1.49 bits per heavy atom. The summed E-state index contributed by atoms with van der Waals surface area (Å²) in [6.07, 6.45) is -3.32. The van der Waals surface area contributed by atoms with E-state index in [1.165, 1.54) is 18.2 Å². The third-order valence-electron chi connectivity index (χ3n) is 12.5. The van der Waals surface area contributed by atoms with Crippen molar-refractivity contribution in [1.82, 2.24) is 0 Å². The molecule has 0 bridgehead atoms. The molecule has 0 amide bonds. The van der Waals surface area contributed by atoms with Crippen molar-refractivity contribution < 1.29 is 61.4 Å². The third-order valence-corrected chi connectivity index (χ3v) is 12.5. The lowest BCUT2D eigenvalue weighted by Crippen LogP contribution is -2.30. The minimum absolute atomic E-state index is 0.0629. The van der Waals surface area contributed by atoms with Gasteiger partial charge in [-0.1, -0.05) is 164 Å². The van der Waals surface area contributed by atoms with E-state index in [2.05, 4.69) is 0 Å². The number of phenolic OH excluding ortho intramolecular Hbond substituents is 4. The van der Waals surface area contributed by atoms with Gasteiger partial charge < -0.3 is 58.7 Å². The van der Waals surface area contributed by atoms with E-state index >= 15 is 0 Å². The first kappa shape index (κ1) is 48.4. The van der Waals surface area contributed by atoms with Crippen LogP contribution in [0.5, 0.6) is 57.5 Å². The number of hydrogen-bond acceptors (Lipinski definition) is 12. The smallest absolute Gasteiger partial charge is 0.181 e. The molecule has 0 radical (unpaired) electrons. The Labute approximate surface area is 449 Å². The van der Waals surface area contributed by atoms with Gasteiger partial charge in [0.2, 0.25) is 0 Å². The zero-order valence-electron chi connectivity index (χ0n) is 43.7. The summed E-state index contributed by atoms with van der Waals surface area (Å²) in [7, 11) is 0. The van der Waals surface area contributed by atoms with Crippen LogP contribution in [-0.2, 0) is 44.2 Å². The van der Waals surface area contributed by atoms with Gasteiger partial charge in [-0.15, -0.1) is 0 Å². The number of aliphatic hydroxyl groups excluding tert-OH is 1. The molecule has 5 N–H and O–H groups in total. The molecule has 77 heavy (non-hydrogen) atoms. The Morgan fingerprint density at radius 2 is 0.935 bits per heavy atom. The number of phenols is 4. The van der Waals surface area contributed by atoms with E-state index in [0.29, 0.717) is 66.3 Å². The third kappa shape index (κ3) is 13.1. The summed E-state index contributed by atoms with van der Waals surface area (Å²) in [5.74, 6) is 1.62. The van der Waals surface area contributed by atoms with Crippen molar-refractivity contribution in [3.63, 3.8) is 0 Å². The van der Waals surface area contributed by atoms with Crippen molar-refractivity contribution in [2.45, 2.75) is 57.7 Å². The van der Waals surface area contributed by atoms with Gasteiger partial charge in [0.1, 0.15) is 79.4 Å². The van der Waals surface area contributed by atoms with E-state index in [4.69, 9.17) is 34.5 Å². The summed E-state index contributed by atoms with van der Waals surface area (Å²) >= 11 is 0. The van der Waals surface area contributed by atoms with Crippen LogP contribution in [0.3, 0.4) is 0 Å². The van der Waals surface area contributed by atoms with Crippen LogP contribution in [0.4, 0.5) is 0 Å². The van der Waals surface area contributed by atoms with Crippen LogP contribution in [-0.4, -0.2) is 31.6 Å². The molecule has 3 atom stereocenters. The highest BCUT2D eigenvalue weighted by Gasteiger charge is 2.33. The maximum atomic E-state index is 10.3. The fraction of sp³-hybridized carbons (Fsp3) is 0.138. The second-order valence-corrected chi connectivity index (χ2v) is 18.1. The molecule has 11 rings (SSSR count). The predicted octanol–water partition coefficient (Wildman–Crippen LogP) is 13.2. The largest absolute Gasteiger partial charge is 0.508 e. The zero-order chi connectivity index (χ0) is 54.8. The minimum atomic E-state index is -1.95. The van der Waals surface area contributed by atoms with Gasteiger partial charge in [0.25, 0.3) is 0 Å². The molecule has 0 aromatic heterocycles. The molecular weight excluding hydrogens is 973 g/mol. The van der Waals surface area contributed by atoms with Gasteiger partial charge in [-0.3, -0.25) is 0 Å².